The average Bonchev–Trinajstić information content (AvgIpc) is 2.67. The second kappa shape index (κ2) is 4.77. The van der Waals surface area contributed by atoms with E-state index in [1.54, 1.807) is 0 Å². The Morgan fingerprint density at radius 1 is 1.67 bits per heavy atom. The largest absolute Gasteiger partial charge is 0.376 e. The van der Waals surface area contributed by atoms with Crippen LogP contribution in [-0.2, 0) is 11.3 Å². The minimum Gasteiger partial charge on any atom is -0.376 e. The summed E-state index contributed by atoms with van der Waals surface area (Å²) in [4.78, 5) is 4.14. The third kappa shape index (κ3) is 2.58. The number of imidazole rings is 1. The first-order valence-electron chi connectivity index (χ1n) is 5.64. The highest BCUT2D eigenvalue weighted by molar-refractivity contribution is 5.03. The lowest BCUT2D eigenvalue weighted by Crippen LogP contribution is -2.25. The highest BCUT2D eigenvalue weighted by atomic mass is 16.5. The maximum Gasteiger partial charge on any atom is 0.0949 e. The summed E-state index contributed by atoms with van der Waals surface area (Å²) in [5.74, 6) is 0. The maximum absolute atomic E-state index is 5.86. The third-order valence-electron chi connectivity index (χ3n) is 2.89. The Kier molecular flexibility index (Phi) is 3.38. The summed E-state index contributed by atoms with van der Waals surface area (Å²) in [7, 11) is 0. The SMILES string of the molecule is C[C@H](N)c1cncn1CC1CCCCO1. The van der Waals surface area contributed by atoms with Crippen molar-refractivity contribution in [2.24, 2.45) is 5.73 Å². The van der Waals surface area contributed by atoms with Gasteiger partial charge < -0.3 is 15.0 Å². The summed E-state index contributed by atoms with van der Waals surface area (Å²) in [6.45, 7) is 3.76. The van der Waals surface area contributed by atoms with Gasteiger partial charge in [0.2, 0.25) is 0 Å². The molecule has 2 atom stereocenters. The van der Waals surface area contributed by atoms with E-state index in [1.165, 1.54) is 12.8 Å². The number of aromatic nitrogens is 2. The number of hydrogen-bond donors (Lipinski definition) is 1. The fourth-order valence-electron chi connectivity index (χ4n) is 2.03. The first-order valence-corrected chi connectivity index (χ1v) is 5.64. The molecule has 84 valence electrons. The van der Waals surface area contributed by atoms with Crippen LogP contribution in [0.4, 0.5) is 0 Å². The van der Waals surface area contributed by atoms with Crippen LogP contribution < -0.4 is 5.73 Å². The number of rotatable bonds is 3. The summed E-state index contributed by atoms with van der Waals surface area (Å²) in [5.41, 5.74) is 6.95. The van der Waals surface area contributed by atoms with Crippen molar-refractivity contribution < 1.29 is 4.74 Å². The lowest BCUT2D eigenvalue weighted by Gasteiger charge is -2.24. The van der Waals surface area contributed by atoms with E-state index in [2.05, 4.69) is 9.55 Å². The predicted octanol–water partition coefficient (Wildman–Crippen LogP) is 1.47. The van der Waals surface area contributed by atoms with Crippen LogP contribution in [0.15, 0.2) is 12.5 Å². The number of ether oxygens (including phenoxy) is 1. The molecule has 2 N–H and O–H groups in total. The molecule has 1 aromatic heterocycles. The van der Waals surface area contributed by atoms with E-state index in [1.807, 2.05) is 19.4 Å². The van der Waals surface area contributed by atoms with Gasteiger partial charge in [-0.15, -0.1) is 0 Å². The molecule has 4 nitrogen and oxygen atoms in total. The van der Waals surface area contributed by atoms with E-state index in [9.17, 15) is 0 Å². The minimum atomic E-state index is 0.0380. The van der Waals surface area contributed by atoms with Crippen LogP contribution in [-0.4, -0.2) is 22.3 Å². The number of hydrogen-bond acceptors (Lipinski definition) is 3. The van der Waals surface area contributed by atoms with Crippen molar-refractivity contribution >= 4 is 0 Å². The molecule has 0 bridgehead atoms. The third-order valence-corrected chi connectivity index (χ3v) is 2.89. The van der Waals surface area contributed by atoms with E-state index in [-0.39, 0.29) is 6.04 Å². The van der Waals surface area contributed by atoms with Gasteiger partial charge in [0.1, 0.15) is 0 Å². The number of nitrogens with zero attached hydrogens (tertiary/aromatic N) is 2. The van der Waals surface area contributed by atoms with Crippen molar-refractivity contribution in [1.82, 2.24) is 9.55 Å². The molecule has 1 aliphatic rings. The zero-order valence-corrected chi connectivity index (χ0v) is 9.22. The van der Waals surface area contributed by atoms with E-state index in [4.69, 9.17) is 10.5 Å². The van der Waals surface area contributed by atoms with E-state index in [0.717, 1.165) is 25.3 Å². The molecule has 1 aromatic rings. The van der Waals surface area contributed by atoms with Crippen molar-refractivity contribution in [1.29, 1.82) is 0 Å². The van der Waals surface area contributed by atoms with Crippen LogP contribution in [0.2, 0.25) is 0 Å². The van der Waals surface area contributed by atoms with Crippen LogP contribution in [0.1, 0.15) is 37.9 Å². The highest BCUT2D eigenvalue weighted by Crippen LogP contribution is 2.16. The Balaban J connectivity index is 1.99. The molecular formula is C11H19N3O. The molecule has 4 heteroatoms. The molecule has 1 saturated heterocycles. The second-order valence-electron chi connectivity index (χ2n) is 4.25. The van der Waals surface area contributed by atoms with Crippen LogP contribution in [0.25, 0.3) is 0 Å². The zero-order valence-electron chi connectivity index (χ0n) is 9.22. The molecule has 1 unspecified atom stereocenters. The highest BCUT2D eigenvalue weighted by Gasteiger charge is 2.16. The molecule has 0 radical (unpaired) electrons. The fourth-order valence-corrected chi connectivity index (χ4v) is 2.03. The summed E-state index contributed by atoms with van der Waals surface area (Å²) in [6, 6.07) is 0.0380. The molecule has 15 heavy (non-hydrogen) atoms. The standard InChI is InChI=1S/C11H19N3O/c1-9(12)11-6-13-8-14(11)7-10-4-2-3-5-15-10/h6,8-10H,2-5,7,12H2,1H3/t9-,10?/m0/s1. The van der Waals surface area contributed by atoms with E-state index < -0.39 is 0 Å². The van der Waals surface area contributed by atoms with Crippen molar-refractivity contribution in [3.8, 4) is 0 Å². The Morgan fingerprint density at radius 2 is 2.53 bits per heavy atom. The Hall–Kier alpha value is -0.870. The molecule has 1 aliphatic heterocycles. The van der Waals surface area contributed by atoms with Crippen molar-refractivity contribution in [2.75, 3.05) is 6.61 Å². The lowest BCUT2D eigenvalue weighted by molar-refractivity contribution is 0.00547. The summed E-state index contributed by atoms with van der Waals surface area (Å²) in [6.07, 6.45) is 7.64. The Bertz CT molecular complexity index is 303. The molecule has 2 rings (SSSR count). The maximum atomic E-state index is 5.86. The first kappa shape index (κ1) is 10.6. The predicted molar refractivity (Wildman–Crippen MR) is 58.4 cm³/mol. The Labute approximate surface area is 90.4 Å². The second-order valence-corrected chi connectivity index (χ2v) is 4.25. The summed E-state index contributed by atoms with van der Waals surface area (Å²) in [5, 5.41) is 0. The molecule has 0 spiro atoms. The molecule has 1 fully saturated rings. The van der Waals surface area contributed by atoms with Gasteiger partial charge in [0.05, 0.1) is 24.7 Å². The van der Waals surface area contributed by atoms with E-state index >= 15 is 0 Å². The van der Waals surface area contributed by atoms with Gasteiger partial charge >= 0.3 is 0 Å². The number of nitrogens with two attached hydrogens (primary N) is 1. The van der Waals surface area contributed by atoms with Gasteiger partial charge in [0.25, 0.3) is 0 Å². The van der Waals surface area contributed by atoms with Gasteiger partial charge in [-0.05, 0) is 26.2 Å². The molecule has 0 saturated carbocycles. The molecule has 2 heterocycles. The van der Waals surface area contributed by atoms with Gasteiger partial charge in [-0.25, -0.2) is 4.98 Å². The first-order chi connectivity index (χ1) is 7.27. The fraction of sp³-hybridized carbons (Fsp3) is 0.727. The normalized spacial score (nSPS) is 24.0. The van der Waals surface area contributed by atoms with E-state index in [0.29, 0.717) is 6.10 Å². The quantitative estimate of drug-likeness (QED) is 0.820. The van der Waals surface area contributed by atoms with Gasteiger partial charge in [-0.1, -0.05) is 0 Å². The van der Waals surface area contributed by atoms with Crippen LogP contribution in [0.5, 0.6) is 0 Å². The zero-order chi connectivity index (χ0) is 10.7. The average molecular weight is 209 g/mol. The van der Waals surface area contributed by atoms with Crippen LogP contribution >= 0.6 is 0 Å². The monoisotopic (exact) mass is 209 g/mol. The molecule has 0 amide bonds. The van der Waals surface area contributed by atoms with Gasteiger partial charge in [-0.2, -0.15) is 0 Å². The van der Waals surface area contributed by atoms with Crippen molar-refractivity contribution in [3.63, 3.8) is 0 Å². The molecular weight excluding hydrogens is 190 g/mol. The Morgan fingerprint density at radius 3 is 3.20 bits per heavy atom. The molecule has 0 aromatic carbocycles. The smallest absolute Gasteiger partial charge is 0.0949 e. The van der Waals surface area contributed by atoms with Gasteiger partial charge in [-0.3, -0.25) is 0 Å². The van der Waals surface area contributed by atoms with Crippen LogP contribution in [0, 0.1) is 0 Å². The summed E-state index contributed by atoms with van der Waals surface area (Å²) >= 11 is 0. The summed E-state index contributed by atoms with van der Waals surface area (Å²) < 4.78 is 7.81. The van der Waals surface area contributed by atoms with Crippen molar-refractivity contribution in [3.05, 3.63) is 18.2 Å². The lowest BCUT2D eigenvalue weighted by atomic mass is 10.1. The minimum absolute atomic E-state index is 0.0380. The topological polar surface area (TPSA) is 53.1 Å². The van der Waals surface area contributed by atoms with Gasteiger partial charge in [0.15, 0.2) is 0 Å². The molecule has 0 aliphatic carbocycles. The van der Waals surface area contributed by atoms with Crippen LogP contribution in [0.3, 0.4) is 0 Å². The van der Waals surface area contributed by atoms with Crippen molar-refractivity contribution in [2.45, 2.75) is 44.9 Å². The van der Waals surface area contributed by atoms with Gasteiger partial charge in [0, 0.05) is 18.8 Å².